The van der Waals surface area contributed by atoms with Crippen molar-refractivity contribution in [3.05, 3.63) is 29.8 Å². The summed E-state index contributed by atoms with van der Waals surface area (Å²) in [5.41, 5.74) is 7.69. The molecule has 0 bridgehead atoms. The number of likely N-dealkylation sites (N-methyl/N-ethyl adjacent to an activating group) is 1. The number of carbonyl (C=O) groups is 1. The predicted octanol–water partition coefficient (Wildman–Crippen LogP) is 1.83. The van der Waals surface area contributed by atoms with E-state index in [1.54, 1.807) is 0 Å². The molecule has 1 fully saturated rings. The van der Waals surface area contributed by atoms with Gasteiger partial charge in [-0.2, -0.15) is 0 Å². The predicted molar refractivity (Wildman–Crippen MR) is 108 cm³/mol. The number of hydrogen-bond donors (Lipinski definition) is 2. The maximum Gasteiger partial charge on any atom is 0.220 e. The maximum absolute atomic E-state index is 11.8. The molecule has 3 N–H and O–H groups in total. The number of halogens is 3. The van der Waals surface area contributed by atoms with E-state index in [4.69, 9.17) is 5.73 Å². The molecule has 0 aliphatic carbocycles. The number of carbonyl (C=O) groups excluding carboxylic acids is 1. The molecule has 1 aliphatic rings. The summed E-state index contributed by atoms with van der Waals surface area (Å²) in [4.78, 5) is 16.6. The van der Waals surface area contributed by atoms with Crippen LogP contribution in [0.5, 0.6) is 0 Å². The quantitative estimate of drug-likeness (QED) is 0.716. The van der Waals surface area contributed by atoms with Crippen molar-refractivity contribution in [2.75, 3.05) is 52.0 Å². The molecule has 0 radical (unpaired) electrons. The molecular weight excluding hydrogens is 371 g/mol. The number of anilines is 1. The first-order chi connectivity index (χ1) is 10.1. The van der Waals surface area contributed by atoms with Gasteiger partial charge in [0, 0.05) is 51.4 Å². The van der Waals surface area contributed by atoms with Gasteiger partial charge in [-0.25, -0.2) is 0 Å². The molecule has 0 atom stereocenters. The standard InChI is InChI=1S/C16H26N4O.3ClH/c1-19-10-12-20(13-11-19)9-8-18-16(21)7-6-14-4-2-3-5-15(14)17;;;/h2-5H,6-13,17H2,1H3,(H,18,21);3*1H. The SMILES string of the molecule is CN1CCN(CCNC(=O)CCc2ccccc2N)CC1.Cl.Cl.Cl. The van der Waals surface area contributed by atoms with Crippen molar-refractivity contribution in [1.82, 2.24) is 15.1 Å². The van der Waals surface area contributed by atoms with Crippen LogP contribution in [0.1, 0.15) is 12.0 Å². The maximum atomic E-state index is 11.8. The second-order valence-electron chi connectivity index (χ2n) is 5.69. The molecule has 24 heavy (non-hydrogen) atoms. The highest BCUT2D eigenvalue weighted by atomic mass is 35.5. The van der Waals surface area contributed by atoms with Crippen molar-refractivity contribution < 1.29 is 4.79 Å². The van der Waals surface area contributed by atoms with Gasteiger partial charge in [-0.1, -0.05) is 18.2 Å². The topological polar surface area (TPSA) is 61.6 Å². The third-order valence-corrected chi connectivity index (χ3v) is 4.02. The van der Waals surface area contributed by atoms with Gasteiger partial charge in [0.15, 0.2) is 0 Å². The molecule has 2 rings (SSSR count). The van der Waals surface area contributed by atoms with E-state index in [1.165, 1.54) is 0 Å². The van der Waals surface area contributed by atoms with Crippen LogP contribution in [0.3, 0.4) is 0 Å². The van der Waals surface area contributed by atoms with Crippen LogP contribution < -0.4 is 11.1 Å². The molecule has 140 valence electrons. The van der Waals surface area contributed by atoms with E-state index >= 15 is 0 Å². The molecular formula is C16H29Cl3N4O. The Hall–Kier alpha value is -0.720. The monoisotopic (exact) mass is 398 g/mol. The number of amides is 1. The zero-order valence-electron chi connectivity index (χ0n) is 14.1. The van der Waals surface area contributed by atoms with E-state index in [0.29, 0.717) is 12.8 Å². The fourth-order valence-electron chi connectivity index (χ4n) is 2.52. The molecule has 8 heteroatoms. The summed E-state index contributed by atoms with van der Waals surface area (Å²) >= 11 is 0. The van der Waals surface area contributed by atoms with Crippen LogP contribution in [0.15, 0.2) is 24.3 Å². The van der Waals surface area contributed by atoms with Crippen molar-refractivity contribution in [3.8, 4) is 0 Å². The molecule has 1 amide bonds. The average molecular weight is 400 g/mol. The highest BCUT2D eigenvalue weighted by Gasteiger charge is 2.13. The number of nitrogen functional groups attached to an aromatic ring is 1. The minimum atomic E-state index is 0. The van der Waals surface area contributed by atoms with Gasteiger partial charge < -0.3 is 16.0 Å². The van der Waals surface area contributed by atoms with Crippen molar-refractivity contribution in [3.63, 3.8) is 0 Å². The van der Waals surface area contributed by atoms with E-state index in [1.807, 2.05) is 24.3 Å². The highest BCUT2D eigenvalue weighted by molar-refractivity contribution is 5.86. The van der Waals surface area contributed by atoms with Gasteiger partial charge in [0.2, 0.25) is 5.91 Å². The van der Waals surface area contributed by atoms with Crippen molar-refractivity contribution in [2.45, 2.75) is 12.8 Å². The Morgan fingerprint density at radius 2 is 1.75 bits per heavy atom. The van der Waals surface area contributed by atoms with Crippen LogP contribution in [0.2, 0.25) is 0 Å². The number of piperazine rings is 1. The number of para-hydroxylation sites is 1. The van der Waals surface area contributed by atoms with E-state index in [9.17, 15) is 4.79 Å². The molecule has 0 unspecified atom stereocenters. The van der Waals surface area contributed by atoms with Crippen LogP contribution in [0.4, 0.5) is 5.69 Å². The molecule has 1 aromatic carbocycles. The van der Waals surface area contributed by atoms with Crippen molar-refractivity contribution in [2.24, 2.45) is 0 Å². The first-order valence-electron chi connectivity index (χ1n) is 7.66. The second-order valence-corrected chi connectivity index (χ2v) is 5.69. The molecule has 1 saturated heterocycles. The zero-order valence-corrected chi connectivity index (χ0v) is 16.5. The summed E-state index contributed by atoms with van der Waals surface area (Å²) in [7, 11) is 2.15. The summed E-state index contributed by atoms with van der Waals surface area (Å²) in [5, 5.41) is 3.00. The molecule has 1 heterocycles. The van der Waals surface area contributed by atoms with Gasteiger partial charge in [-0.15, -0.1) is 37.2 Å². The van der Waals surface area contributed by atoms with Crippen molar-refractivity contribution >= 4 is 48.8 Å². The van der Waals surface area contributed by atoms with Crippen molar-refractivity contribution in [1.29, 1.82) is 0 Å². The minimum absolute atomic E-state index is 0. The third-order valence-electron chi connectivity index (χ3n) is 4.02. The summed E-state index contributed by atoms with van der Waals surface area (Å²) < 4.78 is 0. The lowest BCUT2D eigenvalue weighted by atomic mass is 10.1. The number of hydrogen-bond acceptors (Lipinski definition) is 4. The Morgan fingerprint density at radius 1 is 1.12 bits per heavy atom. The minimum Gasteiger partial charge on any atom is -0.399 e. The smallest absolute Gasteiger partial charge is 0.220 e. The highest BCUT2D eigenvalue weighted by Crippen LogP contribution is 2.12. The Labute approximate surface area is 163 Å². The number of nitrogens with one attached hydrogen (secondary N) is 1. The molecule has 0 spiro atoms. The van der Waals surface area contributed by atoms with Crippen LogP contribution in [0.25, 0.3) is 0 Å². The average Bonchev–Trinajstić information content (AvgIpc) is 2.48. The van der Waals surface area contributed by atoms with Gasteiger partial charge >= 0.3 is 0 Å². The first-order valence-corrected chi connectivity index (χ1v) is 7.66. The Kier molecular flexibility index (Phi) is 14.4. The Balaban J connectivity index is 0. The normalized spacial score (nSPS) is 14.7. The summed E-state index contributed by atoms with van der Waals surface area (Å²) in [6, 6.07) is 7.72. The number of nitrogens with two attached hydrogens (primary N) is 1. The summed E-state index contributed by atoms with van der Waals surface area (Å²) in [6.07, 6.45) is 1.20. The Bertz CT molecular complexity index is 468. The number of nitrogens with zero attached hydrogens (tertiary/aromatic N) is 2. The van der Waals surface area contributed by atoms with E-state index < -0.39 is 0 Å². The van der Waals surface area contributed by atoms with Crippen LogP contribution in [0, 0.1) is 0 Å². The van der Waals surface area contributed by atoms with Crippen LogP contribution >= 0.6 is 37.2 Å². The number of aryl methyl sites for hydroxylation is 1. The Morgan fingerprint density at radius 3 is 2.38 bits per heavy atom. The largest absolute Gasteiger partial charge is 0.399 e. The molecule has 1 aromatic rings. The van der Waals surface area contributed by atoms with Gasteiger partial charge in [0.25, 0.3) is 0 Å². The van der Waals surface area contributed by atoms with E-state index in [0.717, 1.165) is 50.5 Å². The first kappa shape index (κ1) is 25.5. The molecule has 1 aliphatic heterocycles. The lowest BCUT2D eigenvalue weighted by molar-refractivity contribution is -0.121. The van der Waals surface area contributed by atoms with E-state index in [2.05, 4.69) is 22.2 Å². The lowest BCUT2D eigenvalue weighted by Gasteiger charge is -2.32. The van der Waals surface area contributed by atoms with Crippen LogP contribution in [-0.2, 0) is 11.2 Å². The molecule has 5 nitrogen and oxygen atoms in total. The van der Waals surface area contributed by atoms with Gasteiger partial charge in [0.05, 0.1) is 0 Å². The lowest BCUT2D eigenvalue weighted by Crippen LogP contribution is -2.46. The summed E-state index contributed by atoms with van der Waals surface area (Å²) in [5.74, 6) is 0.104. The molecule has 0 saturated carbocycles. The van der Waals surface area contributed by atoms with Crippen LogP contribution in [-0.4, -0.2) is 62.0 Å². The zero-order chi connectivity index (χ0) is 15.1. The van der Waals surface area contributed by atoms with Gasteiger partial charge in [-0.3, -0.25) is 9.69 Å². The van der Waals surface area contributed by atoms with Gasteiger partial charge in [-0.05, 0) is 25.1 Å². The fourth-order valence-corrected chi connectivity index (χ4v) is 2.52. The second kappa shape index (κ2) is 13.6. The number of rotatable bonds is 6. The summed E-state index contributed by atoms with van der Waals surface area (Å²) in [6.45, 7) is 6.07. The van der Waals surface area contributed by atoms with Gasteiger partial charge in [0.1, 0.15) is 0 Å². The molecule has 0 aromatic heterocycles. The third kappa shape index (κ3) is 8.94. The fraction of sp³-hybridized carbons (Fsp3) is 0.562. The van der Waals surface area contributed by atoms with E-state index in [-0.39, 0.29) is 43.1 Å². The number of benzene rings is 1.